The van der Waals surface area contributed by atoms with Gasteiger partial charge in [-0.15, -0.1) is 0 Å². The largest absolute Gasteiger partial charge is 0.497 e. The molecule has 130 valence electrons. The number of fused-ring (bicyclic) bond motifs is 1. The van der Waals surface area contributed by atoms with Crippen LogP contribution in [-0.2, 0) is 16.0 Å². The van der Waals surface area contributed by atoms with Crippen LogP contribution in [0.2, 0.25) is 0 Å². The Bertz CT molecular complexity index is 706. The first-order valence-corrected chi connectivity index (χ1v) is 8.77. The fraction of sp³-hybridized carbons (Fsp3) is 0.579. The lowest BCUT2D eigenvalue weighted by Crippen LogP contribution is -2.55. The maximum Gasteiger partial charge on any atom is 0.119 e. The fourth-order valence-corrected chi connectivity index (χ4v) is 4.23. The SMILES string of the molecule is COc1ccc2[nH]c(CN3CC[C@@]4(CCCO4)[C@@H](OC)C3)cc2c1. The number of hydrogen-bond acceptors (Lipinski definition) is 4. The molecule has 1 N–H and O–H groups in total. The van der Waals surface area contributed by atoms with E-state index in [0.29, 0.717) is 0 Å². The molecule has 0 bridgehead atoms. The Morgan fingerprint density at radius 3 is 2.96 bits per heavy atom. The maximum absolute atomic E-state index is 6.08. The summed E-state index contributed by atoms with van der Waals surface area (Å²) in [4.78, 5) is 5.98. The number of rotatable bonds is 4. The molecule has 1 spiro atoms. The summed E-state index contributed by atoms with van der Waals surface area (Å²) >= 11 is 0. The molecule has 1 aromatic heterocycles. The second kappa shape index (κ2) is 6.39. The molecule has 1 aromatic carbocycles. The monoisotopic (exact) mass is 330 g/mol. The van der Waals surface area contributed by atoms with Gasteiger partial charge in [0.25, 0.3) is 0 Å². The average molecular weight is 330 g/mol. The van der Waals surface area contributed by atoms with Crippen molar-refractivity contribution >= 4 is 10.9 Å². The zero-order valence-electron chi connectivity index (χ0n) is 14.5. The van der Waals surface area contributed by atoms with E-state index in [1.54, 1.807) is 7.11 Å². The predicted molar refractivity (Wildman–Crippen MR) is 93.5 cm³/mol. The normalized spacial score (nSPS) is 28.0. The Labute approximate surface area is 142 Å². The van der Waals surface area contributed by atoms with Crippen molar-refractivity contribution in [2.24, 2.45) is 0 Å². The third-order valence-electron chi connectivity index (χ3n) is 5.56. The van der Waals surface area contributed by atoms with Crippen molar-refractivity contribution < 1.29 is 14.2 Å². The molecule has 5 nitrogen and oxygen atoms in total. The number of hydrogen-bond donors (Lipinski definition) is 1. The summed E-state index contributed by atoms with van der Waals surface area (Å²) in [6.07, 6.45) is 3.51. The fourth-order valence-electron chi connectivity index (χ4n) is 4.23. The highest BCUT2D eigenvalue weighted by molar-refractivity contribution is 5.81. The molecule has 24 heavy (non-hydrogen) atoms. The van der Waals surface area contributed by atoms with Gasteiger partial charge < -0.3 is 19.2 Å². The van der Waals surface area contributed by atoms with Crippen molar-refractivity contribution in [3.63, 3.8) is 0 Å². The molecule has 2 aromatic rings. The van der Waals surface area contributed by atoms with Gasteiger partial charge >= 0.3 is 0 Å². The summed E-state index contributed by atoms with van der Waals surface area (Å²) in [5, 5.41) is 1.19. The molecule has 0 radical (unpaired) electrons. The molecule has 0 saturated carbocycles. The number of ether oxygens (including phenoxy) is 3. The molecule has 0 aliphatic carbocycles. The van der Waals surface area contributed by atoms with Crippen LogP contribution in [0.5, 0.6) is 5.75 Å². The van der Waals surface area contributed by atoms with Crippen LogP contribution in [0.1, 0.15) is 25.0 Å². The smallest absolute Gasteiger partial charge is 0.119 e. The highest BCUT2D eigenvalue weighted by atomic mass is 16.5. The molecule has 0 unspecified atom stereocenters. The van der Waals surface area contributed by atoms with Gasteiger partial charge in [0.1, 0.15) is 5.75 Å². The third kappa shape index (κ3) is 2.81. The number of nitrogens with one attached hydrogen (secondary N) is 1. The summed E-state index contributed by atoms with van der Waals surface area (Å²) in [7, 11) is 3.51. The van der Waals surface area contributed by atoms with Gasteiger partial charge in [-0.3, -0.25) is 4.90 Å². The van der Waals surface area contributed by atoms with E-state index in [1.807, 2.05) is 13.2 Å². The van der Waals surface area contributed by atoms with Gasteiger partial charge in [-0.05, 0) is 43.5 Å². The van der Waals surface area contributed by atoms with Crippen LogP contribution in [-0.4, -0.2) is 55.5 Å². The average Bonchev–Trinajstić information content (AvgIpc) is 3.23. The maximum atomic E-state index is 6.08. The molecule has 5 heteroatoms. The van der Waals surface area contributed by atoms with Gasteiger partial charge in [-0.1, -0.05) is 0 Å². The number of methoxy groups -OCH3 is 2. The number of H-pyrrole nitrogens is 1. The topological polar surface area (TPSA) is 46.7 Å². The lowest BCUT2D eigenvalue weighted by Gasteiger charge is -2.44. The van der Waals surface area contributed by atoms with Gasteiger partial charge in [0, 0.05) is 49.9 Å². The number of nitrogens with zero attached hydrogens (tertiary/aromatic N) is 1. The predicted octanol–water partition coefficient (Wildman–Crippen LogP) is 2.95. The van der Waals surface area contributed by atoms with Crippen molar-refractivity contribution in [1.29, 1.82) is 0 Å². The lowest BCUT2D eigenvalue weighted by atomic mass is 9.86. The van der Waals surface area contributed by atoms with E-state index in [9.17, 15) is 0 Å². The number of benzene rings is 1. The Morgan fingerprint density at radius 2 is 2.21 bits per heavy atom. The first-order chi connectivity index (χ1) is 11.7. The molecule has 3 heterocycles. The summed E-state index contributed by atoms with van der Waals surface area (Å²) in [5.74, 6) is 0.894. The minimum atomic E-state index is -0.0426. The Kier molecular flexibility index (Phi) is 4.24. The van der Waals surface area contributed by atoms with Crippen molar-refractivity contribution in [1.82, 2.24) is 9.88 Å². The summed E-state index contributed by atoms with van der Waals surface area (Å²) in [5.41, 5.74) is 2.34. The van der Waals surface area contributed by atoms with Crippen LogP contribution in [0.15, 0.2) is 24.3 Å². The molecular weight excluding hydrogens is 304 g/mol. The second-order valence-electron chi connectivity index (χ2n) is 6.97. The van der Waals surface area contributed by atoms with Crippen molar-refractivity contribution in [2.75, 3.05) is 33.9 Å². The zero-order chi connectivity index (χ0) is 16.6. The van der Waals surface area contributed by atoms with Crippen LogP contribution in [0, 0.1) is 0 Å². The Morgan fingerprint density at radius 1 is 1.29 bits per heavy atom. The summed E-state index contributed by atoms with van der Waals surface area (Å²) < 4.78 is 17.2. The molecule has 2 fully saturated rings. The van der Waals surface area contributed by atoms with Crippen LogP contribution in [0.25, 0.3) is 10.9 Å². The van der Waals surface area contributed by atoms with E-state index in [0.717, 1.165) is 56.8 Å². The minimum absolute atomic E-state index is 0.0426. The van der Waals surface area contributed by atoms with Gasteiger partial charge in [0.2, 0.25) is 0 Å². The van der Waals surface area contributed by atoms with Crippen molar-refractivity contribution in [3.05, 3.63) is 30.0 Å². The van der Waals surface area contributed by atoms with Gasteiger partial charge in [0.15, 0.2) is 0 Å². The molecule has 0 amide bonds. The van der Waals surface area contributed by atoms with Crippen molar-refractivity contribution in [2.45, 2.75) is 37.5 Å². The third-order valence-corrected chi connectivity index (χ3v) is 5.56. The molecule has 2 aliphatic rings. The van der Waals surface area contributed by atoms with E-state index < -0.39 is 0 Å². The lowest BCUT2D eigenvalue weighted by molar-refractivity contribution is -0.143. The number of likely N-dealkylation sites (tertiary alicyclic amines) is 1. The zero-order valence-corrected chi connectivity index (χ0v) is 14.5. The van der Waals surface area contributed by atoms with E-state index in [4.69, 9.17) is 14.2 Å². The molecule has 4 rings (SSSR count). The second-order valence-corrected chi connectivity index (χ2v) is 6.97. The standard InChI is InChI=1S/C19H26N2O3/c1-22-16-4-5-17-14(11-16)10-15(20-17)12-21-8-7-19(6-3-9-24-19)18(13-21)23-2/h4-5,10-11,18,20H,3,6-9,12-13H2,1-2H3/t18-,19-/m0/s1. The summed E-state index contributed by atoms with van der Waals surface area (Å²) in [6, 6.07) is 8.36. The van der Waals surface area contributed by atoms with Crippen LogP contribution < -0.4 is 4.74 Å². The molecule has 2 saturated heterocycles. The van der Waals surface area contributed by atoms with Crippen LogP contribution >= 0.6 is 0 Å². The quantitative estimate of drug-likeness (QED) is 0.936. The van der Waals surface area contributed by atoms with Gasteiger partial charge in [0.05, 0.1) is 18.8 Å². The van der Waals surface area contributed by atoms with Gasteiger partial charge in [-0.2, -0.15) is 0 Å². The number of aromatic nitrogens is 1. The molecule has 2 atom stereocenters. The minimum Gasteiger partial charge on any atom is -0.497 e. The van der Waals surface area contributed by atoms with Crippen LogP contribution in [0.3, 0.4) is 0 Å². The highest BCUT2D eigenvalue weighted by Gasteiger charge is 2.46. The van der Waals surface area contributed by atoms with Crippen LogP contribution in [0.4, 0.5) is 0 Å². The first-order valence-electron chi connectivity index (χ1n) is 8.77. The Hall–Kier alpha value is -1.56. The van der Waals surface area contributed by atoms with E-state index in [-0.39, 0.29) is 11.7 Å². The van der Waals surface area contributed by atoms with E-state index >= 15 is 0 Å². The molecular formula is C19H26N2O3. The van der Waals surface area contributed by atoms with Crippen molar-refractivity contribution in [3.8, 4) is 5.75 Å². The Balaban J connectivity index is 1.47. The van der Waals surface area contributed by atoms with Gasteiger partial charge in [-0.25, -0.2) is 0 Å². The number of piperidine rings is 1. The highest BCUT2D eigenvalue weighted by Crippen LogP contribution is 2.37. The first kappa shape index (κ1) is 15.9. The van der Waals surface area contributed by atoms with E-state index in [2.05, 4.69) is 28.1 Å². The van der Waals surface area contributed by atoms with E-state index in [1.165, 1.54) is 11.1 Å². The molecule has 2 aliphatic heterocycles. The summed E-state index contributed by atoms with van der Waals surface area (Å²) in [6.45, 7) is 3.77. The number of aromatic amines is 1.